The molecule has 0 atom stereocenters. The van der Waals surface area contributed by atoms with Crippen LogP contribution in [0.5, 0.6) is 5.75 Å². The maximum atomic E-state index is 5.41. The van der Waals surface area contributed by atoms with Gasteiger partial charge in [-0.3, -0.25) is 4.99 Å². The van der Waals surface area contributed by atoms with Crippen LogP contribution in [0.15, 0.2) is 33.8 Å². The van der Waals surface area contributed by atoms with E-state index < -0.39 is 0 Å². The molecule has 0 aliphatic carbocycles. The maximum absolute atomic E-state index is 5.41. The minimum absolute atomic E-state index is 0.682. The molecule has 6 nitrogen and oxygen atoms in total. The molecule has 1 heterocycles. The Labute approximate surface area is 162 Å². The Bertz CT molecular complexity index is 686. The Morgan fingerprint density at radius 2 is 1.89 bits per heavy atom. The van der Waals surface area contributed by atoms with Crippen molar-refractivity contribution in [1.82, 2.24) is 15.8 Å². The fourth-order valence-corrected chi connectivity index (χ4v) is 2.98. The van der Waals surface area contributed by atoms with Gasteiger partial charge >= 0.3 is 0 Å². The monoisotopic (exact) mass is 372 g/mol. The van der Waals surface area contributed by atoms with Crippen LogP contribution in [0.3, 0.4) is 0 Å². The highest BCUT2D eigenvalue weighted by Crippen LogP contribution is 2.15. The number of hydrogen-bond acceptors (Lipinski definition) is 4. The van der Waals surface area contributed by atoms with Gasteiger partial charge in [0.1, 0.15) is 11.5 Å². The molecule has 0 radical (unpaired) electrons. The lowest BCUT2D eigenvalue weighted by Gasteiger charge is -2.12. The summed E-state index contributed by atoms with van der Waals surface area (Å²) in [6.07, 6.45) is 5.00. The zero-order valence-electron chi connectivity index (χ0n) is 17.0. The Hall–Kier alpha value is -2.50. The van der Waals surface area contributed by atoms with E-state index in [1.165, 1.54) is 5.56 Å². The zero-order chi connectivity index (χ0) is 19.5. The van der Waals surface area contributed by atoms with Gasteiger partial charge in [-0.15, -0.1) is 0 Å². The van der Waals surface area contributed by atoms with Gasteiger partial charge in [-0.2, -0.15) is 0 Å². The number of hydrogen-bond donors (Lipinski definition) is 2. The topological polar surface area (TPSA) is 71.7 Å². The van der Waals surface area contributed by atoms with Crippen molar-refractivity contribution >= 4 is 5.96 Å². The second kappa shape index (κ2) is 11.3. The van der Waals surface area contributed by atoms with Crippen molar-refractivity contribution in [3.8, 4) is 5.75 Å². The van der Waals surface area contributed by atoms with Crippen LogP contribution in [0, 0.1) is 0 Å². The van der Waals surface area contributed by atoms with Gasteiger partial charge in [-0.05, 0) is 43.4 Å². The number of nitrogens with zero attached hydrogens (tertiary/aromatic N) is 2. The Balaban J connectivity index is 1.70. The number of guanidine groups is 1. The number of aliphatic imine (C=N–C) groups is 1. The van der Waals surface area contributed by atoms with Crippen LogP contribution in [0.25, 0.3) is 0 Å². The molecule has 0 bridgehead atoms. The highest BCUT2D eigenvalue weighted by Gasteiger charge is 2.13. The van der Waals surface area contributed by atoms with Crippen LogP contribution < -0.4 is 15.4 Å². The second-order valence-electron chi connectivity index (χ2n) is 6.40. The first-order chi connectivity index (χ1) is 13.2. The van der Waals surface area contributed by atoms with E-state index in [1.54, 1.807) is 14.2 Å². The SMILES string of the molecule is CCc1noc(CC)c1CNC(=NC)NCCCCc1ccc(OC)cc1. The predicted octanol–water partition coefficient (Wildman–Crippen LogP) is 3.50. The number of ether oxygens (including phenoxy) is 1. The number of rotatable bonds is 10. The largest absolute Gasteiger partial charge is 0.497 e. The summed E-state index contributed by atoms with van der Waals surface area (Å²) in [5.41, 5.74) is 3.52. The summed E-state index contributed by atoms with van der Waals surface area (Å²) in [4.78, 5) is 4.30. The van der Waals surface area contributed by atoms with E-state index in [0.717, 1.165) is 67.4 Å². The number of methoxy groups -OCH3 is 1. The molecule has 0 saturated carbocycles. The van der Waals surface area contributed by atoms with E-state index >= 15 is 0 Å². The molecule has 6 heteroatoms. The summed E-state index contributed by atoms with van der Waals surface area (Å²) in [5, 5.41) is 10.9. The number of aryl methyl sites for hydroxylation is 3. The molecule has 148 valence electrons. The van der Waals surface area contributed by atoms with Gasteiger partial charge in [0, 0.05) is 32.1 Å². The number of benzene rings is 1. The van der Waals surface area contributed by atoms with Crippen LogP contribution in [0.2, 0.25) is 0 Å². The van der Waals surface area contributed by atoms with Crippen molar-refractivity contribution in [1.29, 1.82) is 0 Å². The first-order valence-corrected chi connectivity index (χ1v) is 9.75. The van der Waals surface area contributed by atoms with E-state index in [9.17, 15) is 0 Å². The maximum Gasteiger partial charge on any atom is 0.191 e. The zero-order valence-corrected chi connectivity index (χ0v) is 17.0. The lowest BCUT2D eigenvalue weighted by atomic mass is 10.1. The smallest absolute Gasteiger partial charge is 0.191 e. The first-order valence-electron chi connectivity index (χ1n) is 9.75. The minimum atomic E-state index is 0.682. The minimum Gasteiger partial charge on any atom is -0.497 e. The fourth-order valence-electron chi connectivity index (χ4n) is 2.98. The molecule has 0 unspecified atom stereocenters. The van der Waals surface area contributed by atoms with Crippen molar-refractivity contribution in [3.63, 3.8) is 0 Å². The third kappa shape index (κ3) is 6.31. The molecule has 2 rings (SSSR count). The summed E-state index contributed by atoms with van der Waals surface area (Å²) in [6.45, 7) is 5.75. The van der Waals surface area contributed by atoms with Crippen LogP contribution in [-0.4, -0.2) is 31.8 Å². The molecular weight excluding hydrogens is 340 g/mol. The highest BCUT2D eigenvalue weighted by atomic mass is 16.5. The average molecular weight is 373 g/mol. The molecule has 0 saturated heterocycles. The summed E-state index contributed by atoms with van der Waals surface area (Å²) in [6, 6.07) is 8.28. The molecule has 2 N–H and O–H groups in total. The van der Waals surface area contributed by atoms with E-state index in [2.05, 4.69) is 46.8 Å². The van der Waals surface area contributed by atoms with Crippen molar-refractivity contribution in [2.24, 2.45) is 4.99 Å². The highest BCUT2D eigenvalue weighted by molar-refractivity contribution is 5.79. The molecule has 1 aromatic heterocycles. The fraction of sp³-hybridized carbons (Fsp3) is 0.524. The second-order valence-corrected chi connectivity index (χ2v) is 6.40. The molecule has 2 aromatic rings. The van der Waals surface area contributed by atoms with Crippen molar-refractivity contribution < 1.29 is 9.26 Å². The molecular formula is C21H32N4O2. The van der Waals surface area contributed by atoms with Crippen LogP contribution in [0.1, 0.15) is 49.3 Å². The van der Waals surface area contributed by atoms with E-state index in [0.29, 0.717) is 6.54 Å². The van der Waals surface area contributed by atoms with Gasteiger partial charge in [0.2, 0.25) is 0 Å². The van der Waals surface area contributed by atoms with Gasteiger partial charge in [0.25, 0.3) is 0 Å². The standard InChI is InChI=1S/C21H32N4O2/c1-5-19-18(20(6-2)27-25-19)15-24-21(22-3)23-14-8-7-9-16-10-12-17(26-4)13-11-16/h10-13H,5-9,14-15H2,1-4H3,(H2,22,23,24). The lowest BCUT2D eigenvalue weighted by molar-refractivity contribution is 0.380. The molecule has 27 heavy (non-hydrogen) atoms. The van der Waals surface area contributed by atoms with Crippen LogP contribution in [0.4, 0.5) is 0 Å². The summed E-state index contributed by atoms with van der Waals surface area (Å²) in [5.74, 6) is 2.67. The Kier molecular flexibility index (Phi) is 8.68. The molecule has 1 aromatic carbocycles. The van der Waals surface area contributed by atoms with Crippen LogP contribution in [-0.2, 0) is 25.8 Å². The van der Waals surface area contributed by atoms with Gasteiger partial charge in [-0.25, -0.2) is 0 Å². The van der Waals surface area contributed by atoms with E-state index in [-0.39, 0.29) is 0 Å². The molecule has 0 aliphatic rings. The predicted molar refractivity (Wildman–Crippen MR) is 109 cm³/mol. The Morgan fingerprint density at radius 1 is 1.11 bits per heavy atom. The first kappa shape index (κ1) is 20.8. The van der Waals surface area contributed by atoms with Crippen molar-refractivity contribution in [2.45, 2.75) is 52.5 Å². The van der Waals surface area contributed by atoms with Gasteiger partial charge in [-0.1, -0.05) is 31.1 Å². The number of aromatic nitrogens is 1. The number of unbranched alkanes of at least 4 members (excludes halogenated alkanes) is 1. The Morgan fingerprint density at radius 3 is 2.52 bits per heavy atom. The van der Waals surface area contributed by atoms with Crippen molar-refractivity contribution in [2.75, 3.05) is 20.7 Å². The number of nitrogens with one attached hydrogen (secondary N) is 2. The van der Waals surface area contributed by atoms with Crippen molar-refractivity contribution in [3.05, 3.63) is 46.8 Å². The average Bonchev–Trinajstić information content (AvgIpc) is 3.12. The van der Waals surface area contributed by atoms with Crippen LogP contribution >= 0.6 is 0 Å². The van der Waals surface area contributed by atoms with Gasteiger partial charge < -0.3 is 19.9 Å². The van der Waals surface area contributed by atoms with Gasteiger partial charge in [0.15, 0.2) is 5.96 Å². The summed E-state index contributed by atoms with van der Waals surface area (Å²) >= 11 is 0. The molecule has 0 aliphatic heterocycles. The summed E-state index contributed by atoms with van der Waals surface area (Å²) in [7, 11) is 3.48. The normalized spacial score (nSPS) is 11.5. The lowest BCUT2D eigenvalue weighted by Crippen LogP contribution is -2.37. The summed E-state index contributed by atoms with van der Waals surface area (Å²) < 4.78 is 10.6. The third-order valence-corrected chi connectivity index (χ3v) is 4.61. The molecule has 0 spiro atoms. The third-order valence-electron chi connectivity index (χ3n) is 4.61. The molecule has 0 fully saturated rings. The van der Waals surface area contributed by atoms with E-state index in [4.69, 9.17) is 9.26 Å². The molecule has 0 amide bonds. The quantitative estimate of drug-likeness (QED) is 0.379. The van der Waals surface area contributed by atoms with E-state index in [1.807, 2.05) is 12.1 Å². The van der Waals surface area contributed by atoms with Gasteiger partial charge in [0.05, 0.1) is 12.8 Å².